The lowest BCUT2D eigenvalue weighted by atomic mass is 10.1. The van der Waals surface area contributed by atoms with Gasteiger partial charge in [-0.15, -0.1) is 0 Å². The van der Waals surface area contributed by atoms with Gasteiger partial charge in [-0.2, -0.15) is 0 Å². The number of carbonyl (C=O) groups excluding carboxylic acids is 1. The number of aromatic hydroxyl groups is 1. The first-order valence-electron chi connectivity index (χ1n) is 5.10. The standard InChI is InChI=1S/C12H15IO3/c1-3-12(2,13)11(15)16-8-9-4-6-10(14)7-5-9/h4-7,14H,3,8H2,1-2H3. The van der Waals surface area contributed by atoms with Crippen LogP contribution in [-0.2, 0) is 16.1 Å². The highest BCUT2D eigenvalue weighted by Crippen LogP contribution is 2.24. The van der Waals surface area contributed by atoms with Crippen LogP contribution in [0.25, 0.3) is 0 Å². The van der Waals surface area contributed by atoms with Crippen molar-refractivity contribution in [2.24, 2.45) is 0 Å². The summed E-state index contributed by atoms with van der Waals surface area (Å²) >= 11 is 2.10. The van der Waals surface area contributed by atoms with Gasteiger partial charge < -0.3 is 9.84 Å². The first kappa shape index (κ1) is 13.3. The topological polar surface area (TPSA) is 46.5 Å². The number of esters is 1. The Bertz CT molecular complexity index is 357. The van der Waals surface area contributed by atoms with Crippen molar-refractivity contribution in [3.63, 3.8) is 0 Å². The molecule has 1 unspecified atom stereocenters. The number of rotatable bonds is 4. The van der Waals surface area contributed by atoms with Gasteiger partial charge in [-0.3, -0.25) is 4.79 Å². The first-order chi connectivity index (χ1) is 7.45. The van der Waals surface area contributed by atoms with E-state index in [9.17, 15) is 4.79 Å². The largest absolute Gasteiger partial charge is 0.508 e. The van der Waals surface area contributed by atoms with E-state index in [0.717, 1.165) is 12.0 Å². The maximum absolute atomic E-state index is 11.7. The van der Waals surface area contributed by atoms with E-state index in [1.165, 1.54) is 0 Å². The molecule has 0 aliphatic heterocycles. The summed E-state index contributed by atoms with van der Waals surface area (Å²) in [6, 6.07) is 6.62. The average molecular weight is 334 g/mol. The Hall–Kier alpha value is -0.780. The average Bonchev–Trinajstić information content (AvgIpc) is 2.28. The predicted octanol–water partition coefficient (Wildman–Crippen LogP) is 3.04. The maximum Gasteiger partial charge on any atom is 0.322 e. The summed E-state index contributed by atoms with van der Waals surface area (Å²) in [7, 11) is 0. The van der Waals surface area contributed by atoms with Crippen LogP contribution in [0.3, 0.4) is 0 Å². The lowest BCUT2D eigenvalue weighted by Gasteiger charge is -2.18. The summed E-state index contributed by atoms with van der Waals surface area (Å²) in [5, 5.41) is 9.09. The molecule has 1 aromatic rings. The Balaban J connectivity index is 2.52. The zero-order chi connectivity index (χ0) is 12.2. The number of phenolic OH excluding ortho intramolecular Hbond substituents is 1. The molecule has 4 heteroatoms. The van der Waals surface area contributed by atoms with E-state index < -0.39 is 3.42 Å². The molecule has 16 heavy (non-hydrogen) atoms. The molecule has 0 spiro atoms. The number of halogens is 1. The van der Waals surface area contributed by atoms with Gasteiger partial charge in [0.25, 0.3) is 0 Å². The van der Waals surface area contributed by atoms with Crippen molar-refractivity contribution in [2.45, 2.75) is 30.3 Å². The van der Waals surface area contributed by atoms with Crippen molar-refractivity contribution < 1.29 is 14.6 Å². The Morgan fingerprint density at radius 2 is 2.00 bits per heavy atom. The fourth-order valence-corrected chi connectivity index (χ4v) is 1.19. The van der Waals surface area contributed by atoms with Crippen LogP contribution in [0, 0.1) is 0 Å². The van der Waals surface area contributed by atoms with E-state index in [-0.39, 0.29) is 18.3 Å². The van der Waals surface area contributed by atoms with Crippen LogP contribution >= 0.6 is 22.6 Å². The van der Waals surface area contributed by atoms with Crippen LogP contribution in [0.2, 0.25) is 0 Å². The summed E-state index contributed by atoms with van der Waals surface area (Å²) in [6.07, 6.45) is 0.738. The third-order valence-electron chi connectivity index (χ3n) is 2.40. The normalized spacial score (nSPS) is 14.2. The number of carbonyl (C=O) groups is 1. The second-order valence-corrected chi connectivity index (χ2v) is 6.17. The van der Waals surface area contributed by atoms with Crippen LogP contribution < -0.4 is 0 Å². The van der Waals surface area contributed by atoms with Crippen LogP contribution in [0.4, 0.5) is 0 Å². The van der Waals surface area contributed by atoms with Gasteiger partial charge in [0, 0.05) is 0 Å². The summed E-state index contributed by atoms with van der Waals surface area (Å²) in [5.41, 5.74) is 0.870. The molecule has 1 N–H and O–H groups in total. The quantitative estimate of drug-likeness (QED) is 0.523. The van der Waals surface area contributed by atoms with E-state index >= 15 is 0 Å². The molecule has 0 heterocycles. The van der Waals surface area contributed by atoms with Crippen molar-refractivity contribution in [3.05, 3.63) is 29.8 Å². The molecule has 0 aliphatic rings. The predicted molar refractivity (Wildman–Crippen MR) is 70.6 cm³/mol. The van der Waals surface area contributed by atoms with Crippen molar-refractivity contribution in [1.82, 2.24) is 0 Å². The van der Waals surface area contributed by atoms with Gasteiger partial charge in [-0.05, 0) is 31.0 Å². The minimum atomic E-state index is -0.464. The monoisotopic (exact) mass is 334 g/mol. The lowest BCUT2D eigenvalue weighted by molar-refractivity contribution is -0.146. The Kier molecular flexibility index (Phi) is 4.58. The van der Waals surface area contributed by atoms with Gasteiger partial charge in [0.1, 0.15) is 15.8 Å². The highest BCUT2D eigenvalue weighted by Gasteiger charge is 2.29. The Morgan fingerprint density at radius 3 is 2.50 bits per heavy atom. The Morgan fingerprint density at radius 1 is 1.44 bits per heavy atom. The van der Waals surface area contributed by atoms with Gasteiger partial charge in [-0.25, -0.2) is 0 Å². The molecule has 0 radical (unpaired) electrons. The van der Waals surface area contributed by atoms with E-state index in [4.69, 9.17) is 9.84 Å². The second-order valence-electron chi connectivity index (χ2n) is 3.79. The van der Waals surface area contributed by atoms with Crippen molar-refractivity contribution >= 4 is 28.6 Å². The summed E-state index contributed by atoms with van der Waals surface area (Å²) in [4.78, 5) is 11.7. The SMILES string of the molecule is CCC(C)(I)C(=O)OCc1ccc(O)cc1. The number of hydrogen-bond acceptors (Lipinski definition) is 3. The smallest absolute Gasteiger partial charge is 0.322 e. The van der Waals surface area contributed by atoms with Crippen LogP contribution in [-0.4, -0.2) is 14.5 Å². The van der Waals surface area contributed by atoms with Crippen molar-refractivity contribution in [3.8, 4) is 5.75 Å². The molecular formula is C12H15IO3. The summed E-state index contributed by atoms with van der Waals surface area (Å²) < 4.78 is 4.73. The molecule has 1 rings (SSSR count). The van der Waals surface area contributed by atoms with Crippen molar-refractivity contribution in [2.75, 3.05) is 0 Å². The maximum atomic E-state index is 11.7. The third kappa shape index (κ3) is 3.66. The molecule has 0 aliphatic carbocycles. The molecule has 88 valence electrons. The van der Waals surface area contributed by atoms with E-state index in [0.29, 0.717) is 0 Å². The van der Waals surface area contributed by atoms with Crippen LogP contribution in [0.5, 0.6) is 5.75 Å². The molecule has 1 aromatic carbocycles. The highest BCUT2D eigenvalue weighted by atomic mass is 127. The van der Waals surface area contributed by atoms with E-state index in [1.807, 2.05) is 13.8 Å². The zero-order valence-electron chi connectivity index (χ0n) is 9.37. The van der Waals surface area contributed by atoms with E-state index in [1.54, 1.807) is 24.3 Å². The molecule has 0 aromatic heterocycles. The molecule has 0 saturated carbocycles. The molecule has 3 nitrogen and oxygen atoms in total. The number of phenols is 1. The van der Waals surface area contributed by atoms with Gasteiger partial charge in [-0.1, -0.05) is 41.6 Å². The highest BCUT2D eigenvalue weighted by molar-refractivity contribution is 14.1. The second kappa shape index (κ2) is 5.52. The molecule has 0 bridgehead atoms. The summed E-state index contributed by atoms with van der Waals surface area (Å²) in [6.45, 7) is 4.05. The first-order valence-corrected chi connectivity index (χ1v) is 6.17. The molecule has 0 amide bonds. The number of benzene rings is 1. The van der Waals surface area contributed by atoms with Gasteiger partial charge in [0.2, 0.25) is 0 Å². The van der Waals surface area contributed by atoms with E-state index in [2.05, 4.69) is 22.6 Å². The number of alkyl halides is 1. The molecule has 1 atom stereocenters. The third-order valence-corrected chi connectivity index (χ3v) is 3.60. The fourth-order valence-electron chi connectivity index (χ4n) is 1.04. The van der Waals surface area contributed by atoms with Crippen LogP contribution in [0.1, 0.15) is 25.8 Å². The lowest BCUT2D eigenvalue weighted by Crippen LogP contribution is -2.29. The molecule has 0 fully saturated rings. The molecule has 0 saturated heterocycles. The molecular weight excluding hydrogens is 319 g/mol. The van der Waals surface area contributed by atoms with Gasteiger partial charge in [0.15, 0.2) is 0 Å². The van der Waals surface area contributed by atoms with Crippen molar-refractivity contribution in [1.29, 1.82) is 0 Å². The Labute approximate surface area is 109 Å². The number of hydrogen-bond donors (Lipinski definition) is 1. The van der Waals surface area contributed by atoms with Gasteiger partial charge in [0.05, 0.1) is 0 Å². The van der Waals surface area contributed by atoms with Gasteiger partial charge >= 0.3 is 5.97 Å². The summed E-state index contributed by atoms with van der Waals surface area (Å²) in [5.74, 6) is 0.00559. The fraction of sp³-hybridized carbons (Fsp3) is 0.417. The zero-order valence-corrected chi connectivity index (χ0v) is 11.5. The minimum absolute atomic E-state index is 0.205. The minimum Gasteiger partial charge on any atom is -0.508 e. The van der Waals surface area contributed by atoms with Crippen LogP contribution in [0.15, 0.2) is 24.3 Å². The number of ether oxygens (including phenoxy) is 1.